The number of rotatable bonds is 5. The number of urea groups is 1. The highest BCUT2D eigenvalue weighted by Gasteiger charge is 2.35. The van der Waals surface area contributed by atoms with Crippen molar-refractivity contribution in [1.29, 1.82) is 0 Å². The van der Waals surface area contributed by atoms with E-state index in [-0.39, 0.29) is 18.0 Å². The largest absolute Gasteiger partial charge is 0.497 e. The number of amides is 3. The minimum Gasteiger partial charge on any atom is -0.497 e. The Labute approximate surface area is 190 Å². The molecular weight excluding hydrogens is 402 g/mol. The third kappa shape index (κ3) is 5.23. The lowest BCUT2D eigenvalue weighted by molar-refractivity contribution is -0.114. The molecule has 170 valence electrons. The van der Waals surface area contributed by atoms with Crippen LogP contribution in [0.3, 0.4) is 0 Å². The Hall–Kier alpha value is -3.02. The van der Waals surface area contributed by atoms with Gasteiger partial charge in [-0.05, 0) is 66.1 Å². The lowest BCUT2D eigenvalue weighted by Crippen LogP contribution is -2.52. The molecule has 4 rings (SSSR count). The SMILES string of the molecule is COc1ccc2c(c1)CN(C(=O)NCc1cccc(NC(C)=O)c1)C(C1CCCCC1)C2. The average Bonchev–Trinajstić information content (AvgIpc) is 2.81. The van der Waals surface area contributed by atoms with Crippen LogP contribution < -0.4 is 15.4 Å². The topological polar surface area (TPSA) is 70.7 Å². The molecule has 2 N–H and O–H groups in total. The zero-order valence-corrected chi connectivity index (χ0v) is 19.0. The maximum atomic E-state index is 13.4. The molecule has 2 aliphatic rings. The van der Waals surface area contributed by atoms with Crippen LogP contribution in [-0.4, -0.2) is 30.0 Å². The highest BCUT2D eigenvalue weighted by atomic mass is 16.5. The second kappa shape index (κ2) is 10.1. The normalized spacial score (nSPS) is 18.6. The van der Waals surface area contributed by atoms with E-state index in [1.165, 1.54) is 50.2 Å². The molecule has 1 heterocycles. The van der Waals surface area contributed by atoms with Gasteiger partial charge in [0.05, 0.1) is 7.11 Å². The van der Waals surface area contributed by atoms with Crippen LogP contribution in [-0.2, 0) is 24.3 Å². The number of ether oxygens (including phenoxy) is 1. The van der Waals surface area contributed by atoms with Gasteiger partial charge in [0.25, 0.3) is 0 Å². The van der Waals surface area contributed by atoms with E-state index < -0.39 is 0 Å². The van der Waals surface area contributed by atoms with E-state index in [1.807, 2.05) is 35.2 Å². The summed E-state index contributed by atoms with van der Waals surface area (Å²) in [5, 5.41) is 5.91. The van der Waals surface area contributed by atoms with Crippen LogP contribution in [0.25, 0.3) is 0 Å². The number of methoxy groups -OCH3 is 1. The van der Waals surface area contributed by atoms with Crippen molar-refractivity contribution in [1.82, 2.24) is 10.2 Å². The van der Waals surface area contributed by atoms with Crippen molar-refractivity contribution in [2.24, 2.45) is 5.92 Å². The molecule has 2 aromatic rings. The third-order valence-electron chi connectivity index (χ3n) is 6.73. The summed E-state index contributed by atoms with van der Waals surface area (Å²) >= 11 is 0. The van der Waals surface area contributed by atoms with Gasteiger partial charge in [0.1, 0.15) is 5.75 Å². The molecule has 2 aromatic carbocycles. The van der Waals surface area contributed by atoms with Gasteiger partial charge in [-0.2, -0.15) is 0 Å². The van der Waals surface area contributed by atoms with Crippen molar-refractivity contribution in [3.63, 3.8) is 0 Å². The average molecular weight is 436 g/mol. The van der Waals surface area contributed by atoms with E-state index in [0.29, 0.717) is 19.0 Å². The highest BCUT2D eigenvalue weighted by Crippen LogP contribution is 2.36. The molecule has 6 nitrogen and oxygen atoms in total. The maximum absolute atomic E-state index is 13.4. The Morgan fingerprint density at radius 3 is 2.62 bits per heavy atom. The molecule has 1 aliphatic heterocycles. The number of hydrogen-bond acceptors (Lipinski definition) is 3. The molecule has 1 aliphatic carbocycles. The van der Waals surface area contributed by atoms with Gasteiger partial charge in [-0.15, -0.1) is 0 Å². The van der Waals surface area contributed by atoms with E-state index in [0.717, 1.165) is 23.4 Å². The monoisotopic (exact) mass is 435 g/mol. The van der Waals surface area contributed by atoms with Crippen molar-refractivity contribution >= 4 is 17.6 Å². The van der Waals surface area contributed by atoms with Crippen LogP contribution in [0.2, 0.25) is 0 Å². The summed E-state index contributed by atoms with van der Waals surface area (Å²) in [6.45, 7) is 2.51. The number of hydrogen-bond donors (Lipinski definition) is 2. The molecule has 6 heteroatoms. The van der Waals surface area contributed by atoms with Crippen molar-refractivity contribution in [2.45, 2.75) is 64.6 Å². The molecule has 0 saturated heterocycles. The molecule has 0 radical (unpaired) electrons. The number of anilines is 1. The summed E-state index contributed by atoms with van der Waals surface area (Å²) in [4.78, 5) is 26.7. The smallest absolute Gasteiger partial charge is 0.318 e. The van der Waals surface area contributed by atoms with E-state index in [1.54, 1.807) is 7.11 Å². The van der Waals surface area contributed by atoms with Gasteiger partial charge in [-0.1, -0.05) is 37.5 Å². The summed E-state index contributed by atoms with van der Waals surface area (Å²) in [6.07, 6.45) is 7.09. The zero-order valence-electron chi connectivity index (χ0n) is 19.0. The Morgan fingerprint density at radius 2 is 1.88 bits per heavy atom. The molecular formula is C26H33N3O3. The van der Waals surface area contributed by atoms with Gasteiger partial charge < -0.3 is 20.3 Å². The lowest BCUT2D eigenvalue weighted by Gasteiger charge is -2.42. The number of fused-ring (bicyclic) bond motifs is 1. The molecule has 0 spiro atoms. The fourth-order valence-electron chi connectivity index (χ4n) is 5.12. The first kappa shape index (κ1) is 22.2. The van der Waals surface area contributed by atoms with Crippen molar-refractivity contribution < 1.29 is 14.3 Å². The van der Waals surface area contributed by atoms with Gasteiger partial charge in [0, 0.05) is 31.7 Å². The van der Waals surface area contributed by atoms with Crippen molar-refractivity contribution in [3.8, 4) is 5.75 Å². The summed E-state index contributed by atoms with van der Waals surface area (Å²) in [7, 11) is 1.68. The molecule has 32 heavy (non-hydrogen) atoms. The molecule has 1 unspecified atom stereocenters. The fraction of sp³-hybridized carbons (Fsp3) is 0.462. The second-order valence-corrected chi connectivity index (χ2v) is 8.97. The first-order valence-electron chi connectivity index (χ1n) is 11.6. The predicted octanol–water partition coefficient (Wildman–Crippen LogP) is 4.87. The van der Waals surface area contributed by atoms with E-state index in [4.69, 9.17) is 4.74 Å². The standard InChI is InChI=1S/C26H33N3O3/c1-18(30)28-23-10-6-7-19(13-23)16-27-26(31)29-17-22-14-24(32-2)12-11-21(22)15-25(29)20-8-4-3-5-9-20/h6-7,10-14,20,25H,3-5,8-9,15-17H2,1-2H3,(H,27,31)(H,28,30). The van der Waals surface area contributed by atoms with Crippen molar-refractivity contribution in [2.75, 3.05) is 12.4 Å². The van der Waals surface area contributed by atoms with Crippen LogP contribution in [0.1, 0.15) is 55.7 Å². The molecule has 0 bridgehead atoms. The summed E-state index contributed by atoms with van der Waals surface area (Å²) in [5.41, 5.74) is 4.19. The summed E-state index contributed by atoms with van der Waals surface area (Å²) in [5.74, 6) is 1.27. The lowest BCUT2D eigenvalue weighted by atomic mass is 9.78. The number of benzene rings is 2. The van der Waals surface area contributed by atoms with Crippen LogP contribution in [0, 0.1) is 5.92 Å². The molecule has 1 fully saturated rings. The molecule has 3 amide bonds. The number of carbonyl (C=O) groups is 2. The Balaban J connectivity index is 1.50. The van der Waals surface area contributed by atoms with Crippen LogP contribution >= 0.6 is 0 Å². The van der Waals surface area contributed by atoms with Gasteiger partial charge in [-0.25, -0.2) is 4.79 Å². The number of nitrogens with zero attached hydrogens (tertiary/aromatic N) is 1. The van der Waals surface area contributed by atoms with Gasteiger partial charge >= 0.3 is 6.03 Å². The third-order valence-corrected chi connectivity index (χ3v) is 6.73. The van der Waals surface area contributed by atoms with Crippen LogP contribution in [0.15, 0.2) is 42.5 Å². The van der Waals surface area contributed by atoms with E-state index in [2.05, 4.69) is 22.8 Å². The van der Waals surface area contributed by atoms with Crippen molar-refractivity contribution in [3.05, 3.63) is 59.2 Å². The van der Waals surface area contributed by atoms with E-state index in [9.17, 15) is 9.59 Å². The quantitative estimate of drug-likeness (QED) is 0.704. The maximum Gasteiger partial charge on any atom is 0.318 e. The van der Waals surface area contributed by atoms with Gasteiger partial charge in [0.15, 0.2) is 0 Å². The first-order valence-corrected chi connectivity index (χ1v) is 11.6. The first-order chi connectivity index (χ1) is 15.5. The van der Waals surface area contributed by atoms with Gasteiger partial charge in [-0.3, -0.25) is 4.79 Å². The van der Waals surface area contributed by atoms with Crippen LogP contribution in [0.4, 0.5) is 10.5 Å². The zero-order chi connectivity index (χ0) is 22.5. The predicted molar refractivity (Wildman–Crippen MR) is 126 cm³/mol. The van der Waals surface area contributed by atoms with Crippen LogP contribution in [0.5, 0.6) is 5.75 Å². The highest BCUT2D eigenvalue weighted by molar-refractivity contribution is 5.88. The minimum atomic E-state index is -0.107. The van der Waals surface area contributed by atoms with Gasteiger partial charge in [0.2, 0.25) is 5.91 Å². The summed E-state index contributed by atoms with van der Waals surface area (Å²) in [6, 6.07) is 14.0. The molecule has 0 aromatic heterocycles. The fourth-order valence-corrected chi connectivity index (χ4v) is 5.12. The Morgan fingerprint density at radius 1 is 1.06 bits per heavy atom. The number of carbonyl (C=O) groups excluding carboxylic acids is 2. The molecule has 1 atom stereocenters. The number of nitrogens with one attached hydrogen (secondary N) is 2. The Kier molecular flexibility index (Phi) is 6.98. The second-order valence-electron chi connectivity index (χ2n) is 8.97. The minimum absolute atomic E-state index is 0.0287. The Bertz CT molecular complexity index is 969. The molecule has 1 saturated carbocycles. The van der Waals surface area contributed by atoms with E-state index >= 15 is 0 Å². The summed E-state index contributed by atoms with van der Waals surface area (Å²) < 4.78 is 5.41.